The maximum atomic E-state index is 8.74. The molecule has 0 aliphatic heterocycles. The van der Waals surface area contributed by atoms with E-state index in [1.165, 1.54) is 11.1 Å². The Hall–Kier alpha value is -2.54. The molecular weight excluding hydrogens is 340 g/mol. The summed E-state index contributed by atoms with van der Waals surface area (Å²) >= 11 is 0. The fraction of sp³-hybridized carbons (Fsp3) is 0.333. The molecule has 2 aromatic carbocycles. The number of aliphatic hydroxyl groups excluding tert-OH is 1. The van der Waals surface area contributed by atoms with Crippen LogP contribution >= 0.6 is 0 Å². The van der Waals surface area contributed by atoms with Crippen molar-refractivity contribution in [3.05, 3.63) is 71.4 Å². The second-order valence-corrected chi connectivity index (χ2v) is 6.33. The molecule has 27 heavy (non-hydrogen) atoms. The Bertz CT molecular complexity index is 833. The highest BCUT2D eigenvalue weighted by atomic mass is 16.5. The lowest BCUT2D eigenvalue weighted by Gasteiger charge is -2.05. The van der Waals surface area contributed by atoms with E-state index < -0.39 is 0 Å². The van der Waals surface area contributed by atoms with Gasteiger partial charge in [-0.15, -0.1) is 0 Å². The molecule has 0 fully saturated rings. The molecule has 142 valence electrons. The molecule has 6 nitrogen and oxygen atoms in total. The molecule has 0 amide bonds. The molecule has 0 unspecified atom stereocenters. The first-order chi connectivity index (χ1) is 13.3. The van der Waals surface area contributed by atoms with Crippen molar-refractivity contribution in [1.82, 2.24) is 20.3 Å². The monoisotopic (exact) mass is 366 g/mol. The molecule has 0 saturated carbocycles. The number of hydrogen-bond acceptors (Lipinski definition) is 5. The molecule has 0 aliphatic carbocycles. The predicted octanol–water partition coefficient (Wildman–Crippen LogP) is 2.40. The van der Waals surface area contributed by atoms with E-state index >= 15 is 0 Å². The third-order valence-electron chi connectivity index (χ3n) is 4.30. The van der Waals surface area contributed by atoms with Crippen LogP contribution in [0.2, 0.25) is 0 Å². The van der Waals surface area contributed by atoms with E-state index in [0.29, 0.717) is 32.8 Å². The minimum Gasteiger partial charge on any atom is -0.394 e. The predicted molar refractivity (Wildman–Crippen MR) is 105 cm³/mol. The van der Waals surface area contributed by atoms with Crippen molar-refractivity contribution in [2.75, 3.05) is 26.4 Å². The number of aryl methyl sites for hydroxylation is 1. The van der Waals surface area contributed by atoms with Crippen molar-refractivity contribution in [3.8, 4) is 11.3 Å². The summed E-state index contributed by atoms with van der Waals surface area (Å²) in [7, 11) is 0. The molecule has 3 rings (SSSR count). The van der Waals surface area contributed by atoms with E-state index in [0.717, 1.165) is 17.0 Å². The normalized spacial score (nSPS) is 11.0. The number of ether oxygens (including phenoxy) is 1. The van der Waals surface area contributed by atoms with Gasteiger partial charge in [0.15, 0.2) is 0 Å². The Balaban J connectivity index is 1.74. The topological polar surface area (TPSA) is 72.2 Å². The maximum absolute atomic E-state index is 8.74. The molecule has 0 bridgehead atoms. The largest absolute Gasteiger partial charge is 0.394 e. The first kappa shape index (κ1) is 19.2. The number of rotatable bonds is 10. The minimum atomic E-state index is 0.0470. The van der Waals surface area contributed by atoms with Crippen molar-refractivity contribution >= 4 is 0 Å². The lowest BCUT2D eigenvalue weighted by molar-refractivity contribution is 0.0937. The summed E-state index contributed by atoms with van der Waals surface area (Å²) in [6.45, 7) is 5.02. The summed E-state index contributed by atoms with van der Waals surface area (Å²) < 4.78 is 5.28. The molecular formula is C21H26N4O2. The zero-order valence-electron chi connectivity index (χ0n) is 15.6. The first-order valence-electron chi connectivity index (χ1n) is 9.21. The second kappa shape index (κ2) is 9.97. The lowest BCUT2D eigenvalue weighted by Crippen LogP contribution is -2.20. The molecule has 1 heterocycles. The van der Waals surface area contributed by atoms with Gasteiger partial charge in [0.05, 0.1) is 26.4 Å². The van der Waals surface area contributed by atoms with Gasteiger partial charge in [-0.3, -0.25) is 0 Å². The summed E-state index contributed by atoms with van der Waals surface area (Å²) in [6, 6.07) is 18.4. The molecule has 0 aliphatic rings. The Morgan fingerprint density at radius 1 is 1.00 bits per heavy atom. The van der Waals surface area contributed by atoms with Crippen molar-refractivity contribution in [2.45, 2.75) is 20.0 Å². The van der Waals surface area contributed by atoms with E-state index in [1.807, 2.05) is 30.3 Å². The van der Waals surface area contributed by atoms with Crippen molar-refractivity contribution in [1.29, 1.82) is 0 Å². The van der Waals surface area contributed by atoms with Gasteiger partial charge in [-0.05, 0) is 18.1 Å². The highest BCUT2D eigenvalue weighted by molar-refractivity contribution is 5.60. The van der Waals surface area contributed by atoms with Gasteiger partial charge < -0.3 is 15.2 Å². The van der Waals surface area contributed by atoms with Crippen LogP contribution in [0.5, 0.6) is 0 Å². The van der Waals surface area contributed by atoms with Crippen LogP contribution in [0.3, 0.4) is 0 Å². The average Bonchev–Trinajstić information content (AvgIpc) is 3.10. The molecule has 6 heteroatoms. The molecule has 3 aromatic rings. The number of benzene rings is 2. The highest BCUT2D eigenvalue weighted by Crippen LogP contribution is 2.20. The van der Waals surface area contributed by atoms with Crippen LogP contribution in [0.25, 0.3) is 11.3 Å². The zero-order valence-corrected chi connectivity index (χ0v) is 15.6. The number of aromatic nitrogens is 3. The van der Waals surface area contributed by atoms with Crippen LogP contribution in [-0.4, -0.2) is 46.5 Å². The lowest BCUT2D eigenvalue weighted by atomic mass is 10.1. The minimum absolute atomic E-state index is 0.0470. The quantitative estimate of drug-likeness (QED) is 0.539. The zero-order chi connectivity index (χ0) is 18.9. The van der Waals surface area contributed by atoms with Gasteiger partial charge in [-0.25, -0.2) is 0 Å². The van der Waals surface area contributed by atoms with Crippen molar-refractivity contribution in [2.24, 2.45) is 0 Å². The van der Waals surface area contributed by atoms with E-state index in [1.54, 1.807) is 4.80 Å². The summed E-state index contributed by atoms with van der Waals surface area (Å²) in [5.41, 5.74) is 5.31. The molecule has 2 N–H and O–H groups in total. The fourth-order valence-corrected chi connectivity index (χ4v) is 2.85. The van der Waals surface area contributed by atoms with E-state index in [4.69, 9.17) is 20.0 Å². The third kappa shape index (κ3) is 5.47. The van der Waals surface area contributed by atoms with Crippen LogP contribution in [0, 0.1) is 6.92 Å². The maximum Gasteiger partial charge on any atom is 0.117 e. The number of nitrogens with zero attached hydrogens (tertiary/aromatic N) is 3. The Morgan fingerprint density at radius 3 is 2.56 bits per heavy atom. The Kier molecular flexibility index (Phi) is 7.10. The molecule has 0 radical (unpaired) electrons. The fourth-order valence-electron chi connectivity index (χ4n) is 2.85. The third-order valence-corrected chi connectivity index (χ3v) is 4.30. The number of aliphatic hydroxyl groups is 1. The Labute approximate surface area is 159 Å². The number of hydrogen-bond donors (Lipinski definition) is 2. The van der Waals surface area contributed by atoms with Gasteiger partial charge in [0.25, 0.3) is 0 Å². The smallest absolute Gasteiger partial charge is 0.117 e. The van der Waals surface area contributed by atoms with Gasteiger partial charge in [-0.1, -0.05) is 54.6 Å². The number of nitrogens with one attached hydrogen (secondary N) is 1. The van der Waals surface area contributed by atoms with E-state index in [-0.39, 0.29) is 6.61 Å². The van der Waals surface area contributed by atoms with E-state index in [2.05, 4.69) is 36.5 Å². The summed E-state index contributed by atoms with van der Waals surface area (Å²) in [6.07, 6.45) is 0. The molecule has 0 atom stereocenters. The van der Waals surface area contributed by atoms with Gasteiger partial charge in [-0.2, -0.15) is 15.0 Å². The molecule has 0 saturated heterocycles. The van der Waals surface area contributed by atoms with Crippen LogP contribution < -0.4 is 5.32 Å². The van der Waals surface area contributed by atoms with Crippen LogP contribution in [0.4, 0.5) is 0 Å². The van der Waals surface area contributed by atoms with E-state index in [9.17, 15) is 0 Å². The molecule has 1 aromatic heterocycles. The molecule has 0 spiro atoms. The second-order valence-electron chi connectivity index (χ2n) is 6.33. The summed E-state index contributed by atoms with van der Waals surface area (Å²) in [5.74, 6) is 0. The average molecular weight is 366 g/mol. The van der Waals surface area contributed by atoms with Gasteiger partial charge in [0, 0.05) is 18.7 Å². The van der Waals surface area contributed by atoms with Crippen molar-refractivity contribution in [3.63, 3.8) is 0 Å². The van der Waals surface area contributed by atoms with Crippen LogP contribution in [0.1, 0.15) is 16.8 Å². The van der Waals surface area contributed by atoms with Gasteiger partial charge >= 0.3 is 0 Å². The standard InChI is InChI=1S/C21H26N4O2/c1-17-7-5-6-10-19(17)16-25-23-20(15-22-11-13-27-14-12-26)21(24-25)18-8-3-2-4-9-18/h2-10,22,26H,11-16H2,1H3. The van der Waals surface area contributed by atoms with Crippen LogP contribution in [0.15, 0.2) is 54.6 Å². The van der Waals surface area contributed by atoms with Gasteiger partial charge in [0.1, 0.15) is 11.4 Å². The van der Waals surface area contributed by atoms with Crippen LogP contribution in [-0.2, 0) is 17.8 Å². The van der Waals surface area contributed by atoms with Crippen molar-refractivity contribution < 1.29 is 9.84 Å². The first-order valence-corrected chi connectivity index (χ1v) is 9.21. The highest BCUT2D eigenvalue weighted by Gasteiger charge is 2.13. The van der Waals surface area contributed by atoms with Gasteiger partial charge in [0.2, 0.25) is 0 Å². The summed E-state index contributed by atoms with van der Waals surface area (Å²) in [4.78, 5) is 1.77. The SMILES string of the molecule is Cc1ccccc1Cn1nc(CNCCOCCO)c(-c2ccccc2)n1. The Morgan fingerprint density at radius 2 is 1.78 bits per heavy atom. The summed E-state index contributed by atoms with van der Waals surface area (Å²) in [5, 5.41) is 21.5.